The fourth-order valence-corrected chi connectivity index (χ4v) is 5.45. The van der Waals surface area contributed by atoms with E-state index in [9.17, 15) is 29.9 Å². The zero-order valence-electron chi connectivity index (χ0n) is 21.8. The molecule has 2 aromatic heterocycles. The number of methoxy groups -OCH3 is 1. The summed E-state index contributed by atoms with van der Waals surface area (Å²) in [4.78, 5) is 38.4. The Morgan fingerprint density at radius 2 is 1.35 bits per heavy atom. The standard InChI is InChI=1S/C30H23N3O7/c1-4-16-5-7-17(8-6-16)31-27(34)18-9-11-20-26-21(12-10-19(25(18)26)28(31)35)30(37)32(29(20)36)22-14-24(40-3)23(33(38)39)13-15(22)2/h5-14,34,37H,4H2,1-3H3. The summed E-state index contributed by atoms with van der Waals surface area (Å²) in [6.45, 7) is 3.61. The van der Waals surface area contributed by atoms with Crippen LogP contribution in [0.3, 0.4) is 0 Å². The zero-order chi connectivity index (χ0) is 28.5. The van der Waals surface area contributed by atoms with Gasteiger partial charge >= 0.3 is 5.69 Å². The van der Waals surface area contributed by atoms with Gasteiger partial charge in [-0.25, -0.2) is 9.13 Å². The van der Waals surface area contributed by atoms with Gasteiger partial charge in [-0.1, -0.05) is 19.1 Å². The number of nitrogens with zero attached hydrogens (tertiary/aromatic N) is 3. The molecule has 0 saturated heterocycles. The first-order valence-corrected chi connectivity index (χ1v) is 12.5. The summed E-state index contributed by atoms with van der Waals surface area (Å²) in [5, 5.41) is 35.9. The average Bonchev–Trinajstić information content (AvgIpc) is 2.95. The summed E-state index contributed by atoms with van der Waals surface area (Å²) in [7, 11) is 1.28. The highest BCUT2D eigenvalue weighted by Gasteiger charge is 2.25. The number of nitro benzene ring substituents is 1. The number of aromatic nitrogens is 2. The first-order chi connectivity index (χ1) is 19.2. The number of rotatable bonds is 5. The average molecular weight is 538 g/mol. The summed E-state index contributed by atoms with van der Waals surface area (Å²) in [6.07, 6.45) is 0.828. The van der Waals surface area contributed by atoms with Crippen LogP contribution in [0.25, 0.3) is 43.7 Å². The minimum absolute atomic E-state index is 0.0700. The molecule has 2 N–H and O–H groups in total. The van der Waals surface area contributed by atoms with E-state index in [0.717, 1.165) is 16.6 Å². The molecule has 10 heteroatoms. The summed E-state index contributed by atoms with van der Waals surface area (Å²) in [5.74, 6) is -0.764. The first-order valence-electron chi connectivity index (χ1n) is 12.5. The number of hydrogen-bond donors (Lipinski definition) is 2. The molecule has 0 spiro atoms. The Bertz CT molecular complexity index is 2130. The smallest absolute Gasteiger partial charge is 0.311 e. The third-order valence-electron chi connectivity index (χ3n) is 7.47. The third-order valence-corrected chi connectivity index (χ3v) is 7.47. The second-order valence-corrected chi connectivity index (χ2v) is 9.59. The predicted molar refractivity (Wildman–Crippen MR) is 152 cm³/mol. The van der Waals surface area contributed by atoms with Gasteiger partial charge in [0.05, 0.1) is 23.4 Å². The largest absolute Gasteiger partial charge is 0.494 e. The molecule has 0 bridgehead atoms. The molecule has 0 unspecified atom stereocenters. The fourth-order valence-electron chi connectivity index (χ4n) is 5.45. The first kappa shape index (κ1) is 24.9. The van der Waals surface area contributed by atoms with E-state index in [2.05, 4.69) is 0 Å². The van der Waals surface area contributed by atoms with E-state index in [1.165, 1.54) is 29.9 Å². The lowest BCUT2D eigenvalue weighted by molar-refractivity contribution is -0.385. The van der Waals surface area contributed by atoms with Gasteiger partial charge in [0.15, 0.2) is 5.75 Å². The van der Waals surface area contributed by atoms with Crippen LogP contribution in [0.2, 0.25) is 0 Å². The SMILES string of the molecule is CCc1ccc(-n2c(O)c3ccc4c(=O)n(-c5cc(OC)c([N+](=O)[O-])cc5C)c(O)c5ccc(c2=O)c3c54)cc1. The number of ether oxygens (including phenoxy) is 1. The fraction of sp³-hybridized carbons (Fsp3) is 0.133. The van der Waals surface area contributed by atoms with Gasteiger partial charge in [0.1, 0.15) is 0 Å². The predicted octanol–water partition coefficient (Wildman–Crippen LogP) is 5.08. The van der Waals surface area contributed by atoms with Gasteiger partial charge in [0.2, 0.25) is 11.8 Å². The van der Waals surface area contributed by atoms with Crippen LogP contribution in [0.15, 0.2) is 70.3 Å². The normalized spacial score (nSPS) is 11.6. The summed E-state index contributed by atoms with van der Waals surface area (Å²) >= 11 is 0. The quantitative estimate of drug-likeness (QED) is 0.178. The molecule has 10 nitrogen and oxygen atoms in total. The molecular formula is C30H23N3O7. The number of benzene rings is 4. The Morgan fingerprint density at radius 1 is 0.825 bits per heavy atom. The maximum atomic E-state index is 13.8. The van der Waals surface area contributed by atoms with Crippen LogP contribution in [0.1, 0.15) is 18.1 Å². The van der Waals surface area contributed by atoms with Crippen LogP contribution in [-0.4, -0.2) is 31.4 Å². The lowest BCUT2D eigenvalue weighted by Crippen LogP contribution is -2.22. The van der Waals surface area contributed by atoms with E-state index in [1.807, 2.05) is 19.1 Å². The van der Waals surface area contributed by atoms with Crippen molar-refractivity contribution < 1.29 is 19.9 Å². The summed E-state index contributed by atoms with van der Waals surface area (Å²) < 4.78 is 7.48. The van der Waals surface area contributed by atoms with Crippen LogP contribution < -0.4 is 15.9 Å². The zero-order valence-corrected chi connectivity index (χ0v) is 21.8. The molecule has 4 aromatic carbocycles. The van der Waals surface area contributed by atoms with E-state index in [-0.39, 0.29) is 39.2 Å². The molecule has 0 saturated carbocycles. The van der Waals surface area contributed by atoms with Gasteiger partial charge in [-0.15, -0.1) is 0 Å². The Morgan fingerprint density at radius 3 is 1.88 bits per heavy atom. The highest BCUT2D eigenvalue weighted by Crippen LogP contribution is 2.41. The van der Waals surface area contributed by atoms with Gasteiger partial charge in [-0.3, -0.25) is 19.7 Å². The van der Waals surface area contributed by atoms with E-state index in [4.69, 9.17) is 4.74 Å². The van der Waals surface area contributed by atoms with Gasteiger partial charge in [0.25, 0.3) is 11.1 Å². The maximum Gasteiger partial charge on any atom is 0.311 e. The number of aromatic hydroxyl groups is 2. The van der Waals surface area contributed by atoms with Crippen molar-refractivity contribution >= 4 is 38.0 Å². The number of nitro groups is 1. The minimum Gasteiger partial charge on any atom is -0.494 e. The van der Waals surface area contributed by atoms with Crippen molar-refractivity contribution in [3.05, 3.63) is 103 Å². The second kappa shape index (κ2) is 8.84. The Hall–Kier alpha value is -5.38. The third kappa shape index (κ3) is 3.35. The maximum absolute atomic E-state index is 13.8. The van der Waals surface area contributed by atoms with Gasteiger partial charge in [0, 0.05) is 44.5 Å². The van der Waals surface area contributed by atoms with Crippen LogP contribution in [0.4, 0.5) is 5.69 Å². The van der Waals surface area contributed by atoms with E-state index >= 15 is 0 Å². The highest BCUT2D eigenvalue weighted by molar-refractivity contribution is 6.24. The topological polar surface area (TPSA) is 137 Å². The van der Waals surface area contributed by atoms with Gasteiger partial charge < -0.3 is 14.9 Å². The van der Waals surface area contributed by atoms with Crippen LogP contribution in [0, 0.1) is 17.0 Å². The summed E-state index contributed by atoms with van der Waals surface area (Å²) in [6, 6.07) is 16.1. The molecule has 2 heterocycles. The monoisotopic (exact) mass is 537 g/mol. The molecular weight excluding hydrogens is 514 g/mol. The van der Waals surface area contributed by atoms with Gasteiger partial charge in [-0.05, 0) is 60.9 Å². The molecule has 0 aliphatic heterocycles. The molecule has 0 amide bonds. The second-order valence-electron chi connectivity index (χ2n) is 9.59. The number of pyridine rings is 2. The molecule has 0 atom stereocenters. The summed E-state index contributed by atoms with van der Waals surface area (Å²) in [5.41, 5.74) is 0.814. The van der Waals surface area contributed by atoms with E-state index < -0.39 is 21.9 Å². The molecule has 40 heavy (non-hydrogen) atoms. The van der Waals surface area contributed by atoms with Crippen LogP contribution in [-0.2, 0) is 6.42 Å². The Labute approximate surface area is 226 Å². The van der Waals surface area contributed by atoms with Crippen molar-refractivity contribution in [2.45, 2.75) is 20.3 Å². The molecule has 200 valence electrons. The Kier molecular flexibility index (Phi) is 5.51. The van der Waals surface area contributed by atoms with E-state index in [0.29, 0.717) is 27.4 Å². The van der Waals surface area contributed by atoms with Crippen molar-refractivity contribution in [2.75, 3.05) is 7.11 Å². The van der Waals surface area contributed by atoms with Crippen LogP contribution in [0.5, 0.6) is 17.5 Å². The lowest BCUT2D eigenvalue weighted by Gasteiger charge is -2.19. The van der Waals surface area contributed by atoms with Crippen molar-refractivity contribution in [2.24, 2.45) is 0 Å². The molecule has 0 fully saturated rings. The van der Waals surface area contributed by atoms with Crippen molar-refractivity contribution in [3.8, 4) is 28.9 Å². The molecule has 6 aromatic rings. The molecule has 0 radical (unpaired) electrons. The molecule has 0 aliphatic carbocycles. The molecule has 0 aliphatic rings. The Balaban J connectivity index is 1.69. The van der Waals surface area contributed by atoms with Gasteiger partial charge in [-0.2, -0.15) is 0 Å². The molecule has 6 rings (SSSR count). The van der Waals surface area contributed by atoms with Crippen LogP contribution >= 0.6 is 0 Å². The van der Waals surface area contributed by atoms with Crippen molar-refractivity contribution in [3.63, 3.8) is 0 Å². The van der Waals surface area contributed by atoms with E-state index in [1.54, 1.807) is 37.3 Å². The van der Waals surface area contributed by atoms with Crippen molar-refractivity contribution in [1.29, 1.82) is 0 Å². The van der Waals surface area contributed by atoms with Crippen molar-refractivity contribution in [1.82, 2.24) is 9.13 Å². The number of hydrogen-bond acceptors (Lipinski definition) is 7. The lowest BCUT2D eigenvalue weighted by atomic mass is 9.96. The minimum atomic E-state index is -0.600. The number of aryl methyl sites for hydroxylation is 2. The highest BCUT2D eigenvalue weighted by atomic mass is 16.6.